The van der Waals surface area contributed by atoms with Crippen LogP contribution in [0.4, 0.5) is 0 Å². The molecule has 1 aliphatic rings. The summed E-state index contributed by atoms with van der Waals surface area (Å²) in [6.07, 6.45) is 4.43. The number of rotatable bonds is 4. The van der Waals surface area contributed by atoms with E-state index in [1.165, 1.54) is 0 Å². The molecule has 1 rings (SSSR count). The van der Waals surface area contributed by atoms with Gasteiger partial charge in [0.1, 0.15) is 0 Å². The lowest BCUT2D eigenvalue weighted by Gasteiger charge is -2.20. The number of carbonyl (C=O) groups excluding carboxylic acids is 1. The average Bonchev–Trinajstić information content (AvgIpc) is 2.54. The van der Waals surface area contributed by atoms with Gasteiger partial charge in [-0.2, -0.15) is 0 Å². The molecule has 14 heavy (non-hydrogen) atoms. The number of nitrogens with zero attached hydrogens (tertiary/aromatic N) is 1. The third-order valence-electron chi connectivity index (χ3n) is 2.60. The van der Waals surface area contributed by atoms with E-state index in [1.54, 1.807) is 0 Å². The van der Waals surface area contributed by atoms with Crippen molar-refractivity contribution in [3.63, 3.8) is 0 Å². The minimum absolute atomic E-state index is 0.177. The van der Waals surface area contributed by atoms with Gasteiger partial charge in [-0.3, -0.25) is 4.79 Å². The van der Waals surface area contributed by atoms with Gasteiger partial charge in [0.05, 0.1) is 23.7 Å². The van der Waals surface area contributed by atoms with E-state index in [0.717, 1.165) is 25.7 Å². The van der Waals surface area contributed by atoms with E-state index in [2.05, 4.69) is 22.4 Å². The lowest BCUT2D eigenvalue weighted by molar-refractivity contribution is -0.144. The first-order chi connectivity index (χ1) is 6.72. The number of aliphatic imine (C=N–C) groups is 1. The van der Waals surface area contributed by atoms with Crippen molar-refractivity contribution in [2.24, 2.45) is 4.99 Å². The Kier molecular flexibility index (Phi) is 4.23. The lowest BCUT2D eigenvalue weighted by Crippen LogP contribution is -2.27. The van der Waals surface area contributed by atoms with Gasteiger partial charge in [0.2, 0.25) is 0 Å². The molecule has 0 aromatic carbocycles. The van der Waals surface area contributed by atoms with Gasteiger partial charge in [0, 0.05) is 0 Å². The van der Waals surface area contributed by atoms with Crippen LogP contribution in [0.1, 0.15) is 39.0 Å². The SMILES string of the molecule is CCOC(=O)CC1(N=C=S)CCCC1. The number of thiocarbonyl (C=S) groups is 1. The third-order valence-corrected chi connectivity index (χ3v) is 2.69. The number of ether oxygens (including phenoxy) is 1. The van der Waals surface area contributed by atoms with Gasteiger partial charge in [-0.25, -0.2) is 4.99 Å². The fourth-order valence-corrected chi connectivity index (χ4v) is 2.13. The number of hydrogen-bond donors (Lipinski definition) is 0. The molecule has 0 radical (unpaired) electrons. The smallest absolute Gasteiger partial charge is 0.308 e. The summed E-state index contributed by atoms with van der Waals surface area (Å²) < 4.78 is 4.91. The van der Waals surface area contributed by atoms with Crippen LogP contribution < -0.4 is 0 Å². The molecule has 0 aromatic heterocycles. The minimum Gasteiger partial charge on any atom is -0.466 e. The summed E-state index contributed by atoms with van der Waals surface area (Å²) in [5.41, 5.74) is -0.298. The van der Waals surface area contributed by atoms with Gasteiger partial charge >= 0.3 is 5.97 Å². The highest BCUT2D eigenvalue weighted by Gasteiger charge is 2.36. The Labute approximate surface area is 89.5 Å². The molecule has 78 valence electrons. The molecule has 1 aliphatic carbocycles. The quantitative estimate of drug-likeness (QED) is 0.409. The Morgan fingerprint density at radius 2 is 2.21 bits per heavy atom. The monoisotopic (exact) mass is 213 g/mol. The highest BCUT2D eigenvalue weighted by Crippen LogP contribution is 2.36. The molecule has 0 spiro atoms. The third kappa shape index (κ3) is 2.89. The van der Waals surface area contributed by atoms with Crippen LogP contribution in [0.15, 0.2) is 4.99 Å². The van der Waals surface area contributed by atoms with Crippen LogP contribution in [-0.2, 0) is 9.53 Å². The molecule has 1 fully saturated rings. The molecule has 1 saturated carbocycles. The van der Waals surface area contributed by atoms with E-state index in [4.69, 9.17) is 4.74 Å². The first-order valence-electron chi connectivity index (χ1n) is 4.97. The Balaban J connectivity index is 2.60. The predicted octanol–water partition coefficient (Wildman–Crippen LogP) is 2.36. The van der Waals surface area contributed by atoms with E-state index >= 15 is 0 Å². The largest absolute Gasteiger partial charge is 0.466 e. The average molecular weight is 213 g/mol. The summed E-state index contributed by atoms with van der Waals surface area (Å²) in [4.78, 5) is 15.5. The Bertz CT molecular complexity index is 253. The zero-order chi connectivity index (χ0) is 10.4. The molecule has 0 aromatic rings. The summed E-state index contributed by atoms with van der Waals surface area (Å²) in [5, 5.41) is 2.40. The van der Waals surface area contributed by atoms with E-state index in [-0.39, 0.29) is 11.5 Å². The second kappa shape index (κ2) is 5.23. The van der Waals surface area contributed by atoms with Crippen LogP contribution in [0, 0.1) is 0 Å². The maximum Gasteiger partial charge on any atom is 0.308 e. The fraction of sp³-hybridized carbons (Fsp3) is 0.800. The number of carbonyl (C=O) groups is 1. The molecular formula is C10H15NO2S. The highest BCUT2D eigenvalue weighted by molar-refractivity contribution is 7.78. The van der Waals surface area contributed by atoms with Crippen molar-refractivity contribution >= 4 is 23.3 Å². The van der Waals surface area contributed by atoms with Crippen molar-refractivity contribution in [1.82, 2.24) is 0 Å². The summed E-state index contributed by atoms with van der Waals surface area (Å²) in [7, 11) is 0. The Hall–Kier alpha value is -0.730. The molecule has 0 bridgehead atoms. The van der Waals surface area contributed by atoms with Crippen molar-refractivity contribution in [1.29, 1.82) is 0 Å². The zero-order valence-corrected chi connectivity index (χ0v) is 9.23. The van der Waals surface area contributed by atoms with E-state index < -0.39 is 0 Å². The van der Waals surface area contributed by atoms with Gasteiger partial charge in [-0.1, -0.05) is 12.8 Å². The standard InChI is InChI=1S/C10H15NO2S/c1-2-13-9(12)7-10(11-8-14)5-3-4-6-10/h2-7H2,1H3. The highest BCUT2D eigenvalue weighted by atomic mass is 32.1. The van der Waals surface area contributed by atoms with Crippen LogP contribution in [0.5, 0.6) is 0 Å². The number of hydrogen-bond acceptors (Lipinski definition) is 4. The number of isothiocyanates is 1. The molecule has 0 N–H and O–H groups in total. The van der Waals surface area contributed by atoms with Crippen LogP contribution >= 0.6 is 12.2 Å². The maximum absolute atomic E-state index is 11.3. The van der Waals surface area contributed by atoms with Gasteiger partial charge < -0.3 is 4.74 Å². The Morgan fingerprint density at radius 3 is 2.71 bits per heavy atom. The first-order valence-corrected chi connectivity index (χ1v) is 5.38. The second-order valence-corrected chi connectivity index (χ2v) is 3.80. The van der Waals surface area contributed by atoms with Crippen molar-refractivity contribution in [3.05, 3.63) is 0 Å². The molecule has 0 saturated heterocycles. The van der Waals surface area contributed by atoms with Gasteiger partial charge in [-0.15, -0.1) is 0 Å². The van der Waals surface area contributed by atoms with Crippen molar-refractivity contribution in [2.45, 2.75) is 44.6 Å². The normalized spacial score (nSPS) is 18.6. The molecule has 0 unspecified atom stereocenters. The van der Waals surface area contributed by atoms with E-state index in [9.17, 15) is 4.79 Å². The van der Waals surface area contributed by atoms with E-state index in [0.29, 0.717) is 13.0 Å². The van der Waals surface area contributed by atoms with Crippen molar-refractivity contribution in [3.8, 4) is 0 Å². The summed E-state index contributed by atoms with van der Waals surface area (Å²) >= 11 is 4.61. The molecule has 0 aliphatic heterocycles. The number of esters is 1. The van der Waals surface area contributed by atoms with Crippen LogP contribution in [0.2, 0.25) is 0 Å². The van der Waals surface area contributed by atoms with Crippen molar-refractivity contribution < 1.29 is 9.53 Å². The lowest BCUT2D eigenvalue weighted by atomic mass is 9.94. The van der Waals surface area contributed by atoms with Crippen LogP contribution in [0.3, 0.4) is 0 Å². The van der Waals surface area contributed by atoms with Crippen LogP contribution in [-0.4, -0.2) is 23.3 Å². The Morgan fingerprint density at radius 1 is 1.57 bits per heavy atom. The zero-order valence-electron chi connectivity index (χ0n) is 8.41. The van der Waals surface area contributed by atoms with Gasteiger partial charge in [0.25, 0.3) is 0 Å². The maximum atomic E-state index is 11.3. The summed E-state index contributed by atoms with van der Waals surface area (Å²) in [6.45, 7) is 2.23. The topological polar surface area (TPSA) is 38.7 Å². The second-order valence-electron chi connectivity index (χ2n) is 3.62. The molecule has 4 heteroatoms. The fourth-order valence-electron chi connectivity index (χ4n) is 1.94. The predicted molar refractivity (Wildman–Crippen MR) is 57.5 cm³/mol. The molecule has 0 atom stereocenters. The van der Waals surface area contributed by atoms with Gasteiger partial charge in [0.15, 0.2) is 0 Å². The van der Waals surface area contributed by atoms with Crippen molar-refractivity contribution in [2.75, 3.05) is 6.61 Å². The van der Waals surface area contributed by atoms with Gasteiger partial charge in [-0.05, 0) is 32.0 Å². The minimum atomic E-state index is -0.298. The molecular weight excluding hydrogens is 198 g/mol. The molecule has 3 nitrogen and oxygen atoms in total. The summed E-state index contributed by atoms with van der Waals surface area (Å²) in [5.74, 6) is -0.177. The van der Waals surface area contributed by atoms with Crippen LogP contribution in [0.25, 0.3) is 0 Å². The van der Waals surface area contributed by atoms with E-state index in [1.807, 2.05) is 6.92 Å². The summed E-state index contributed by atoms with van der Waals surface area (Å²) in [6, 6.07) is 0. The molecule has 0 heterocycles. The first kappa shape index (κ1) is 11.3. The molecule has 0 amide bonds.